The van der Waals surface area contributed by atoms with Gasteiger partial charge in [-0.05, 0) is 17.3 Å². The molecular weight excluding hydrogens is 156 g/mol. The second-order valence-corrected chi connectivity index (χ2v) is 2.27. The number of anilines is 1. The Hall–Kier alpha value is -1.75. The molecule has 2 aromatic rings. The Kier molecular flexibility index (Phi) is 1.56. The fourth-order valence-corrected chi connectivity index (χ4v) is 1.01. The van der Waals surface area contributed by atoms with Gasteiger partial charge in [0, 0.05) is 5.39 Å². The van der Waals surface area contributed by atoms with Gasteiger partial charge >= 0.3 is 0 Å². The van der Waals surface area contributed by atoms with Gasteiger partial charge in [-0.25, -0.2) is 0 Å². The van der Waals surface area contributed by atoms with Crippen molar-refractivity contribution >= 4 is 16.7 Å². The minimum atomic E-state index is 0.320. The Morgan fingerprint density at radius 2 is 2.00 bits per heavy atom. The zero-order chi connectivity index (χ0) is 8.39. The Morgan fingerprint density at radius 1 is 1.17 bits per heavy atom. The molecule has 0 unspecified atom stereocenters. The van der Waals surface area contributed by atoms with Gasteiger partial charge in [0.1, 0.15) is 0 Å². The highest BCUT2D eigenvalue weighted by atomic mass is 16.5. The quantitative estimate of drug-likeness (QED) is 0.607. The van der Waals surface area contributed by atoms with Crippen molar-refractivity contribution in [2.24, 2.45) is 0 Å². The normalized spacial score (nSPS) is 10.1. The van der Waals surface area contributed by atoms with E-state index in [1.165, 1.54) is 0 Å². The Bertz CT molecular complexity index is 398. The van der Waals surface area contributed by atoms with E-state index in [0.717, 1.165) is 5.39 Å². The molecule has 0 amide bonds. The molecule has 0 atom stereocenters. The van der Waals surface area contributed by atoms with E-state index in [-0.39, 0.29) is 0 Å². The summed E-state index contributed by atoms with van der Waals surface area (Å²) in [4.78, 5) is 0. The summed E-state index contributed by atoms with van der Waals surface area (Å²) in [5, 5.41) is 20.2. The first-order chi connectivity index (χ1) is 5.92. The van der Waals surface area contributed by atoms with Crippen LogP contribution in [0.4, 0.5) is 5.82 Å². The number of benzene rings is 1. The fourth-order valence-electron chi connectivity index (χ4n) is 1.01. The summed E-state index contributed by atoms with van der Waals surface area (Å²) in [7, 11) is 0. The number of hydrogen-bond donors (Lipinski definition) is 2. The first-order valence-electron chi connectivity index (χ1n) is 3.40. The molecule has 12 heavy (non-hydrogen) atoms. The maximum Gasteiger partial charge on any atom is 0.183 e. The maximum atomic E-state index is 8.66. The number of rotatable bonds is 1. The van der Waals surface area contributed by atoms with Gasteiger partial charge in [-0.2, -0.15) is 0 Å². The molecule has 0 spiro atoms. The van der Waals surface area contributed by atoms with Crippen LogP contribution in [-0.2, 0) is 0 Å². The third kappa shape index (κ3) is 0.960. The molecule has 0 aliphatic carbocycles. The topological polar surface area (TPSA) is 70.9 Å². The number of aromatic nitrogens is 3. The largest absolute Gasteiger partial charge is 0.290 e. The predicted octanol–water partition coefficient (Wildman–Crippen LogP) is 0.826. The molecule has 0 fully saturated rings. The third-order valence-corrected chi connectivity index (χ3v) is 1.56. The van der Waals surface area contributed by atoms with Crippen LogP contribution < -0.4 is 5.48 Å². The lowest BCUT2D eigenvalue weighted by Crippen LogP contribution is -1.98. The van der Waals surface area contributed by atoms with Gasteiger partial charge in [0.2, 0.25) is 0 Å². The lowest BCUT2D eigenvalue weighted by Gasteiger charge is -1.99. The summed E-state index contributed by atoms with van der Waals surface area (Å²) in [6.07, 6.45) is 0. The second kappa shape index (κ2) is 2.71. The molecule has 60 valence electrons. The maximum absolute atomic E-state index is 8.66. The van der Waals surface area contributed by atoms with Crippen molar-refractivity contribution in [3.05, 3.63) is 24.3 Å². The van der Waals surface area contributed by atoms with Crippen LogP contribution in [0.3, 0.4) is 0 Å². The van der Waals surface area contributed by atoms with Crippen molar-refractivity contribution in [2.45, 2.75) is 0 Å². The summed E-state index contributed by atoms with van der Waals surface area (Å²) < 4.78 is 0. The SMILES string of the molecule is ONc1nnnc2ccccc12. The minimum Gasteiger partial charge on any atom is -0.290 e. The highest BCUT2D eigenvalue weighted by Crippen LogP contribution is 2.15. The van der Waals surface area contributed by atoms with Gasteiger partial charge in [-0.15, -0.1) is 10.2 Å². The Balaban J connectivity index is 2.79. The lowest BCUT2D eigenvalue weighted by atomic mass is 10.2. The lowest BCUT2D eigenvalue weighted by molar-refractivity contribution is 0.385. The highest BCUT2D eigenvalue weighted by Gasteiger charge is 2.00. The van der Waals surface area contributed by atoms with Gasteiger partial charge in [-0.1, -0.05) is 12.1 Å². The number of hydrogen-bond acceptors (Lipinski definition) is 5. The molecule has 0 bridgehead atoms. The van der Waals surface area contributed by atoms with Crippen molar-refractivity contribution in [1.82, 2.24) is 15.4 Å². The molecule has 0 saturated carbocycles. The zero-order valence-corrected chi connectivity index (χ0v) is 6.10. The van der Waals surface area contributed by atoms with Crippen molar-refractivity contribution in [3.63, 3.8) is 0 Å². The standard InChI is InChI=1S/C7H6N4O/c12-10-7-5-3-1-2-4-6(5)8-11-9-7/h1-4,12H,(H,8,9,10). The molecule has 1 aromatic heterocycles. The smallest absolute Gasteiger partial charge is 0.183 e. The van der Waals surface area contributed by atoms with E-state index >= 15 is 0 Å². The molecule has 2 rings (SSSR count). The fraction of sp³-hybridized carbons (Fsp3) is 0. The van der Waals surface area contributed by atoms with Crippen LogP contribution in [0.1, 0.15) is 0 Å². The van der Waals surface area contributed by atoms with E-state index in [0.29, 0.717) is 11.3 Å². The zero-order valence-electron chi connectivity index (χ0n) is 6.10. The van der Waals surface area contributed by atoms with Gasteiger partial charge in [0.25, 0.3) is 0 Å². The molecule has 0 radical (unpaired) electrons. The first kappa shape index (κ1) is 6.93. The summed E-state index contributed by atoms with van der Waals surface area (Å²) >= 11 is 0. The van der Waals surface area contributed by atoms with E-state index in [4.69, 9.17) is 5.21 Å². The van der Waals surface area contributed by atoms with Crippen LogP contribution in [-0.4, -0.2) is 20.6 Å². The van der Waals surface area contributed by atoms with Gasteiger partial charge in [0.15, 0.2) is 5.82 Å². The van der Waals surface area contributed by atoms with Crippen molar-refractivity contribution in [1.29, 1.82) is 0 Å². The average Bonchev–Trinajstić information content (AvgIpc) is 2.17. The van der Waals surface area contributed by atoms with Crippen molar-refractivity contribution in [3.8, 4) is 0 Å². The van der Waals surface area contributed by atoms with Crippen LogP contribution in [0.25, 0.3) is 10.9 Å². The van der Waals surface area contributed by atoms with Crippen LogP contribution in [0, 0.1) is 0 Å². The predicted molar refractivity (Wildman–Crippen MR) is 42.7 cm³/mol. The molecule has 0 aliphatic rings. The minimum absolute atomic E-state index is 0.320. The molecule has 1 aromatic carbocycles. The van der Waals surface area contributed by atoms with Crippen molar-refractivity contribution in [2.75, 3.05) is 5.48 Å². The highest BCUT2D eigenvalue weighted by molar-refractivity contribution is 5.87. The second-order valence-electron chi connectivity index (χ2n) is 2.27. The van der Waals surface area contributed by atoms with E-state index in [9.17, 15) is 0 Å². The molecular formula is C7H6N4O. The number of fused-ring (bicyclic) bond motifs is 1. The Labute approximate surface area is 68.0 Å². The molecule has 1 heterocycles. The summed E-state index contributed by atoms with van der Waals surface area (Å²) in [6.45, 7) is 0. The molecule has 5 heteroatoms. The van der Waals surface area contributed by atoms with Crippen LogP contribution in [0.15, 0.2) is 24.3 Å². The molecule has 2 N–H and O–H groups in total. The monoisotopic (exact) mass is 162 g/mol. The number of nitrogens with zero attached hydrogens (tertiary/aromatic N) is 3. The summed E-state index contributed by atoms with van der Waals surface area (Å²) in [6, 6.07) is 7.28. The van der Waals surface area contributed by atoms with E-state index in [2.05, 4.69) is 15.4 Å². The van der Waals surface area contributed by atoms with Crippen LogP contribution in [0.5, 0.6) is 0 Å². The molecule has 0 saturated heterocycles. The molecule has 5 nitrogen and oxygen atoms in total. The average molecular weight is 162 g/mol. The van der Waals surface area contributed by atoms with Gasteiger partial charge in [-0.3, -0.25) is 10.7 Å². The van der Waals surface area contributed by atoms with Crippen molar-refractivity contribution < 1.29 is 5.21 Å². The third-order valence-electron chi connectivity index (χ3n) is 1.56. The van der Waals surface area contributed by atoms with Gasteiger partial charge < -0.3 is 0 Å². The first-order valence-corrected chi connectivity index (χ1v) is 3.40. The Morgan fingerprint density at radius 3 is 2.83 bits per heavy atom. The molecule has 0 aliphatic heterocycles. The van der Waals surface area contributed by atoms with E-state index in [1.807, 2.05) is 17.6 Å². The summed E-state index contributed by atoms with van der Waals surface area (Å²) in [5.41, 5.74) is 2.65. The van der Waals surface area contributed by atoms with Gasteiger partial charge in [0.05, 0.1) is 5.52 Å². The van der Waals surface area contributed by atoms with Crippen LogP contribution in [0.2, 0.25) is 0 Å². The van der Waals surface area contributed by atoms with E-state index < -0.39 is 0 Å². The number of nitrogens with one attached hydrogen (secondary N) is 1. The van der Waals surface area contributed by atoms with E-state index in [1.54, 1.807) is 12.1 Å². The van der Waals surface area contributed by atoms with Crippen LogP contribution >= 0.6 is 0 Å². The summed E-state index contributed by atoms with van der Waals surface area (Å²) in [5.74, 6) is 0.320.